The molecule has 0 saturated heterocycles. The van der Waals surface area contributed by atoms with Crippen molar-refractivity contribution in [2.45, 2.75) is 53.0 Å². The van der Waals surface area contributed by atoms with Crippen molar-refractivity contribution < 1.29 is 4.79 Å². The topological polar surface area (TPSA) is 41.1 Å². The van der Waals surface area contributed by atoms with Crippen LogP contribution in [0.3, 0.4) is 0 Å². The molecule has 1 rings (SSSR count). The molecule has 1 aliphatic carbocycles. The minimum atomic E-state index is -0.0680. The van der Waals surface area contributed by atoms with Gasteiger partial charge in [-0.15, -0.1) is 0 Å². The lowest BCUT2D eigenvalue weighted by Crippen LogP contribution is -2.45. The van der Waals surface area contributed by atoms with Crippen LogP contribution in [0.1, 0.15) is 47.0 Å². The molecule has 0 aromatic rings. The van der Waals surface area contributed by atoms with Crippen LogP contribution in [0, 0.1) is 17.8 Å². The predicted molar refractivity (Wildman–Crippen MR) is 71.8 cm³/mol. The van der Waals surface area contributed by atoms with E-state index in [0.29, 0.717) is 5.92 Å². The van der Waals surface area contributed by atoms with Gasteiger partial charge in [-0.25, -0.2) is 0 Å². The van der Waals surface area contributed by atoms with Gasteiger partial charge in [0.25, 0.3) is 0 Å². The van der Waals surface area contributed by atoms with E-state index in [1.54, 1.807) is 0 Å². The smallest absolute Gasteiger partial charge is 0.236 e. The first kappa shape index (κ1) is 14.5. The summed E-state index contributed by atoms with van der Waals surface area (Å²) in [5.41, 5.74) is 0. The second-order valence-corrected chi connectivity index (χ2v) is 5.94. The van der Waals surface area contributed by atoms with E-state index in [1.807, 2.05) is 6.92 Å². The summed E-state index contributed by atoms with van der Waals surface area (Å²) in [6.07, 6.45) is 4.01. The van der Waals surface area contributed by atoms with Gasteiger partial charge in [-0.3, -0.25) is 4.79 Å². The van der Waals surface area contributed by atoms with Crippen molar-refractivity contribution in [3.63, 3.8) is 0 Å². The Hall–Kier alpha value is -0.570. The Morgan fingerprint density at radius 1 is 1.29 bits per heavy atom. The zero-order valence-corrected chi connectivity index (χ0v) is 11.8. The number of carbonyl (C=O) groups is 1. The minimum absolute atomic E-state index is 0.0680. The molecule has 0 aromatic heterocycles. The quantitative estimate of drug-likeness (QED) is 0.747. The molecule has 0 bridgehead atoms. The second-order valence-electron chi connectivity index (χ2n) is 5.94. The molecular formula is C14H28N2O. The predicted octanol–water partition coefficient (Wildman–Crippen LogP) is 2.17. The van der Waals surface area contributed by atoms with E-state index in [0.717, 1.165) is 24.9 Å². The monoisotopic (exact) mass is 240 g/mol. The number of nitrogens with one attached hydrogen (secondary N) is 2. The van der Waals surface area contributed by atoms with Gasteiger partial charge in [0.2, 0.25) is 5.91 Å². The highest BCUT2D eigenvalue weighted by Gasteiger charge is 2.24. The third-order valence-corrected chi connectivity index (χ3v) is 3.80. The van der Waals surface area contributed by atoms with Crippen molar-refractivity contribution >= 4 is 5.91 Å². The Morgan fingerprint density at radius 3 is 2.53 bits per heavy atom. The Morgan fingerprint density at radius 2 is 2.00 bits per heavy atom. The largest absolute Gasteiger partial charge is 0.354 e. The molecule has 1 fully saturated rings. The Bertz CT molecular complexity index is 240. The van der Waals surface area contributed by atoms with Crippen molar-refractivity contribution in [2.24, 2.45) is 17.8 Å². The van der Waals surface area contributed by atoms with Gasteiger partial charge in [-0.1, -0.05) is 33.6 Å². The van der Waals surface area contributed by atoms with E-state index in [4.69, 9.17) is 0 Å². The molecule has 17 heavy (non-hydrogen) atoms. The lowest BCUT2D eigenvalue weighted by Gasteiger charge is -2.20. The highest BCUT2D eigenvalue weighted by Crippen LogP contribution is 2.30. The molecule has 1 aliphatic rings. The highest BCUT2D eigenvalue weighted by molar-refractivity contribution is 5.81. The molecule has 0 aromatic carbocycles. The van der Waals surface area contributed by atoms with Crippen LogP contribution < -0.4 is 10.6 Å². The van der Waals surface area contributed by atoms with Gasteiger partial charge in [0.1, 0.15) is 0 Å². The number of carbonyl (C=O) groups excluding carboxylic acids is 1. The number of hydrogen-bond donors (Lipinski definition) is 2. The summed E-state index contributed by atoms with van der Waals surface area (Å²) in [5, 5.41) is 6.33. The highest BCUT2D eigenvalue weighted by atomic mass is 16.2. The average Bonchev–Trinajstić information content (AvgIpc) is 2.68. The van der Waals surface area contributed by atoms with E-state index < -0.39 is 0 Å². The summed E-state index contributed by atoms with van der Waals surface area (Å²) in [7, 11) is 0. The van der Waals surface area contributed by atoms with Crippen molar-refractivity contribution in [1.29, 1.82) is 0 Å². The molecule has 1 saturated carbocycles. The van der Waals surface area contributed by atoms with Gasteiger partial charge in [0.15, 0.2) is 0 Å². The zero-order valence-electron chi connectivity index (χ0n) is 11.8. The molecule has 3 heteroatoms. The van der Waals surface area contributed by atoms with Crippen LogP contribution in [0.4, 0.5) is 0 Å². The van der Waals surface area contributed by atoms with Crippen molar-refractivity contribution in [3.05, 3.63) is 0 Å². The van der Waals surface area contributed by atoms with E-state index in [2.05, 4.69) is 31.4 Å². The van der Waals surface area contributed by atoms with Gasteiger partial charge in [0, 0.05) is 6.54 Å². The van der Waals surface area contributed by atoms with Crippen LogP contribution in [0.5, 0.6) is 0 Å². The van der Waals surface area contributed by atoms with Crippen LogP contribution in [-0.4, -0.2) is 25.0 Å². The van der Waals surface area contributed by atoms with Gasteiger partial charge >= 0.3 is 0 Å². The molecular weight excluding hydrogens is 212 g/mol. The van der Waals surface area contributed by atoms with Crippen molar-refractivity contribution in [3.8, 4) is 0 Å². The van der Waals surface area contributed by atoms with Crippen LogP contribution >= 0.6 is 0 Å². The third-order valence-electron chi connectivity index (χ3n) is 3.80. The molecule has 3 nitrogen and oxygen atoms in total. The standard InChI is InChI=1S/C14H28N2O/c1-10(2)8-16-14(17)12(4)15-9-13-7-5-6-11(13)3/h10-13,15H,5-9H2,1-4H3,(H,16,17). The summed E-state index contributed by atoms with van der Waals surface area (Å²) in [5.74, 6) is 2.22. The molecule has 2 N–H and O–H groups in total. The van der Waals surface area contributed by atoms with Crippen molar-refractivity contribution in [2.75, 3.05) is 13.1 Å². The Labute approximate surface area is 106 Å². The second kappa shape index (κ2) is 7.00. The van der Waals surface area contributed by atoms with Crippen LogP contribution in [0.2, 0.25) is 0 Å². The zero-order chi connectivity index (χ0) is 12.8. The third kappa shape index (κ3) is 5.07. The maximum atomic E-state index is 11.8. The molecule has 0 radical (unpaired) electrons. The summed E-state index contributed by atoms with van der Waals surface area (Å²) >= 11 is 0. The molecule has 0 heterocycles. The van der Waals surface area contributed by atoms with E-state index in [1.165, 1.54) is 19.3 Å². The first-order valence-electron chi connectivity index (χ1n) is 7.01. The Balaban J connectivity index is 2.19. The minimum Gasteiger partial charge on any atom is -0.354 e. The van der Waals surface area contributed by atoms with E-state index in [9.17, 15) is 4.79 Å². The summed E-state index contributed by atoms with van der Waals surface area (Å²) < 4.78 is 0. The fourth-order valence-corrected chi connectivity index (χ4v) is 2.40. The normalized spacial score (nSPS) is 26.2. The van der Waals surface area contributed by atoms with Crippen LogP contribution in [0.25, 0.3) is 0 Å². The SMILES string of the molecule is CC(C)CNC(=O)C(C)NCC1CCCC1C. The summed E-state index contributed by atoms with van der Waals surface area (Å²) in [4.78, 5) is 11.8. The Kier molecular flexibility index (Phi) is 5.96. The fourth-order valence-electron chi connectivity index (χ4n) is 2.40. The maximum Gasteiger partial charge on any atom is 0.236 e. The van der Waals surface area contributed by atoms with Crippen LogP contribution in [0.15, 0.2) is 0 Å². The molecule has 1 amide bonds. The number of amides is 1. The van der Waals surface area contributed by atoms with Crippen LogP contribution in [-0.2, 0) is 4.79 Å². The van der Waals surface area contributed by atoms with E-state index in [-0.39, 0.29) is 11.9 Å². The molecule has 3 unspecified atom stereocenters. The number of hydrogen-bond acceptors (Lipinski definition) is 2. The average molecular weight is 240 g/mol. The lowest BCUT2D eigenvalue weighted by molar-refractivity contribution is -0.122. The van der Waals surface area contributed by atoms with Gasteiger partial charge in [-0.05, 0) is 37.6 Å². The summed E-state index contributed by atoms with van der Waals surface area (Å²) in [6, 6.07) is -0.0680. The molecule has 3 atom stereocenters. The molecule has 0 spiro atoms. The molecule has 0 aliphatic heterocycles. The van der Waals surface area contributed by atoms with Crippen molar-refractivity contribution in [1.82, 2.24) is 10.6 Å². The first-order chi connectivity index (χ1) is 8.00. The maximum absolute atomic E-state index is 11.8. The van der Waals surface area contributed by atoms with E-state index >= 15 is 0 Å². The van der Waals surface area contributed by atoms with Gasteiger partial charge in [0.05, 0.1) is 6.04 Å². The lowest BCUT2D eigenvalue weighted by atomic mass is 9.98. The summed E-state index contributed by atoms with van der Waals surface area (Å²) in [6.45, 7) is 10.2. The first-order valence-corrected chi connectivity index (χ1v) is 7.01. The fraction of sp³-hybridized carbons (Fsp3) is 0.929. The van der Waals surface area contributed by atoms with Gasteiger partial charge < -0.3 is 10.6 Å². The number of rotatable bonds is 6. The van der Waals surface area contributed by atoms with Gasteiger partial charge in [-0.2, -0.15) is 0 Å². The molecule has 100 valence electrons.